The monoisotopic (exact) mass is 192 g/mol. The molecule has 0 heterocycles. The van der Waals surface area contributed by atoms with Gasteiger partial charge < -0.3 is 5.11 Å². The van der Waals surface area contributed by atoms with Gasteiger partial charge in [0, 0.05) is 0 Å². The Morgan fingerprint density at radius 2 is 1.57 bits per heavy atom. The van der Waals surface area contributed by atoms with Crippen molar-refractivity contribution >= 4 is 0 Å². The normalized spacial score (nSPS) is 13.2. The lowest BCUT2D eigenvalue weighted by Crippen LogP contribution is -1.97. The van der Waals surface area contributed by atoms with Gasteiger partial charge in [-0.25, -0.2) is 0 Å². The van der Waals surface area contributed by atoms with Crippen LogP contribution in [0.5, 0.6) is 0 Å². The van der Waals surface area contributed by atoms with Crippen LogP contribution in [0.4, 0.5) is 0 Å². The first-order valence-electron chi connectivity index (χ1n) is 5.43. The van der Waals surface area contributed by atoms with Gasteiger partial charge in [0.2, 0.25) is 0 Å². The average molecular weight is 192 g/mol. The fraction of sp³-hybridized carbons (Fsp3) is 0.538. The fourth-order valence-electron chi connectivity index (χ4n) is 1.54. The zero-order valence-electron chi connectivity index (χ0n) is 9.33. The van der Waals surface area contributed by atoms with Crippen LogP contribution in [0.25, 0.3) is 0 Å². The molecular weight excluding hydrogens is 172 g/mol. The Morgan fingerprint density at radius 3 is 2.00 bits per heavy atom. The van der Waals surface area contributed by atoms with Gasteiger partial charge in [-0.2, -0.15) is 0 Å². The molecule has 0 aliphatic carbocycles. The van der Waals surface area contributed by atoms with Gasteiger partial charge >= 0.3 is 0 Å². The highest BCUT2D eigenvalue weighted by Gasteiger charge is 2.06. The highest BCUT2D eigenvalue weighted by Crippen LogP contribution is 2.21. The van der Waals surface area contributed by atoms with Crippen LogP contribution in [-0.4, -0.2) is 5.11 Å². The van der Waals surface area contributed by atoms with Crippen LogP contribution in [-0.2, 0) is 0 Å². The molecule has 0 radical (unpaired) electrons. The van der Waals surface area contributed by atoms with Crippen LogP contribution in [0.3, 0.4) is 0 Å². The second-order valence-corrected chi connectivity index (χ2v) is 4.13. The summed E-state index contributed by atoms with van der Waals surface area (Å²) in [7, 11) is 0. The summed E-state index contributed by atoms with van der Waals surface area (Å²) < 4.78 is 0. The van der Waals surface area contributed by atoms with E-state index < -0.39 is 0 Å². The lowest BCUT2D eigenvalue weighted by atomic mass is 9.99. The summed E-state index contributed by atoms with van der Waals surface area (Å²) in [5.74, 6) is 0.562. The lowest BCUT2D eigenvalue weighted by molar-refractivity contribution is 0.166. The second-order valence-electron chi connectivity index (χ2n) is 4.13. The van der Waals surface area contributed by atoms with E-state index in [1.807, 2.05) is 12.1 Å². The minimum absolute atomic E-state index is 0.291. The average Bonchev–Trinajstić information content (AvgIpc) is 2.18. The summed E-state index contributed by atoms with van der Waals surface area (Å²) >= 11 is 0. The zero-order chi connectivity index (χ0) is 10.6. The van der Waals surface area contributed by atoms with Gasteiger partial charge in [0.25, 0.3) is 0 Å². The standard InChI is InChI=1S/C13H20O/c1-4-5-13(14)12-8-6-11(7-9-12)10(2)3/h6-10,13-14H,4-5H2,1-3H3/t13-/m0/s1. The maximum absolute atomic E-state index is 9.75. The Morgan fingerprint density at radius 1 is 1.07 bits per heavy atom. The molecule has 0 fully saturated rings. The maximum atomic E-state index is 9.75. The second kappa shape index (κ2) is 5.16. The number of hydrogen-bond donors (Lipinski definition) is 1. The molecule has 0 spiro atoms. The van der Waals surface area contributed by atoms with Gasteiger partial charge in [-0.1, -0.05) is 51.5 Å². The van der Waals surface area contributed by atoms with E-state index in [9.17, 15) is 5.11 Å². The van der Waals surface area contributed by atoms with Crippen LogP contribution >= 0.6 is 0 Å². The molecule has 0 bridgehead atoms. The van der Waals surface area contributed by atoms with E-state index in [4.69, 9.17) is 0 Å². The van der Waals surface area contributed by atoms with E-state index in [2.05, 4.69) is 32.9 Å². The van der Waals surface area contributed by atoms with Gasteiger partial charge in [-0.05, 0) is 23.5 Å². The number of aliphatic hydroxyl groups excluding tert-OH is 1. The molecule has 1 N–H and O–H groups in total. The summed E-state index contributed by atoms with van der Waals surface area (Å²) in [6.07, 6.45) is 1.58. The molecule has 0 saturated heterocycles. The van der Waals surface area contributed by atoms with E-state index in [0.717, 1.165) is 18.4 Å². The van der Waals surface area contributed by atoms with Crippen molar-refractivity contribution in [2.24, 2.45) is 0 Å². The Labute approximate surface area is 86.8 Å². The van der Waals surface area contributed by atoms with Crippen LogP contribution in [0, 0.1) is 0 Å². The third-order valence-electron chi connectivity index (χ3n) is 2.55. The number of rotatable bonds is 4. The summed E-state index contributed by atoms with van der Waals surface area (Å²) in [5.41, 5.74) is 2.37. The van der Waals surface area contributed by atoms with Crippen molar-refractivity contribution in [1.82, 2.24) is 0 Å². The molecule has 0 aliphatic rings. The molecule has 1 heteroatoms. The molecule has 1 nitrogen and oxygen atoms in total. The maximum Gasteiger partial charge on any atom is 0.0790 e. The van der Waals surface area contributed by atoms with E-state index in [1.54, 1.807) is 0 Å². The van der Waals surface area contributed by atoms with E-state index in [-0.39, 0.29) is 6.10 Å². The number of benzene rings is 1. The molecule has 14 heavy (non-hydrogen) atoms. The molecule has 1 aromatic carbocycles. The number of aliphatic hydroxyl groups is 1. The zero-order valence-corrected chi connectivity index (χ0v) is 9.33. The minimum atomic E-state index is -0.291. The van der Waals surface area contributed by atoms with Crippen LogP contribution in [0.2, 0.25) is 0 Å². The van der Waals surface area contributed by atoms with E-state index >= 15 is 0 Å². The Balaban J connectivity index is 2.72. The molecule has 1 atom stereocenters. The molecular formula is C13H20O. The first kappa shape index (κ1) is 11.3. The molecule has 0 amide bonds. The van der Waals surface area contributed by atoms with Crippen LogP contribution < -0.4 is 0 Å². The van der Waals surface area contributed by atoms with Gasteiger partial charge in [0.1, 0.15) is 0 Å². The predicted octanol–water partition coefficient (Wildman–Crippen LogP) is 3.64. The summed E-state index contributed by atoms with van der Waals surface area (Å²) in [5, 5.41) is 9.75. The minimum Gasteiger partial charge on any atom is -0.388 e. The van der Waals surface area contributed by atoms with Crippen molar-refractivity contribution in [2.45, 2.75) is 45.6 Å². The van der Waals surface area contributed by atoms with Gasteiger partial charge in [-0.3, -0.25) is 0 Å². The third kappa shape index (κ3) is 2.85. The van der Waals surface area contributed by atoms with Crippen molar-refractivity contribution < 1.29 is 5.11 Å². The topological polar surface area (TPSA) is 20.2 Å². The molecule has 0 unspecified atom stereocenters. The summed E-state index contributed by atoms with van der Waals surface area (Å²) in [6, 6.07) is 8.29. The highest BCUT2D eigenvalue weighted by molar-refractivity contribution is 5.25. The molecule has 1 rings (SSSR count). The van der Waals surface area contributed by atoms with Crippen molar-refractivity contribution in [3.05, 3.63) is 35.4 Å². The SMILES string of the molecule is CCC[C@H](O)c1ccc(C(C)C)cc1. The first-order chi connectivity index (χ1) is 6.65. The van der Waals surface area contributed by atoms with Gasteiger partial charge in [-0.15, -0.1) is 0 Å². The van der Waals surface area contributed by atoms with Crippen molar-refractivity contribution in [3.63, 3.8) is 0 Å². The summed E-state index contributed by atoms with van der Waals surface area (Å²) in [4.78, 5) is 0. The highest BCUT2D eigenvalue weighted by atomic mass is 16.3. The van der Waals surface area contributed by atoms with E-state index in [0.29, 0.717) is 5.92 Å². The lowest BCUT2D eigenvalue weighted by Gasteiger charge is -2.11. The van der Waals surface area contributed by atoms with Crippen molar-refractivity contribution in [3.8, 4) is 0 Å². The molecule has 1 aromatic rings. The van der Waals surface area contributed by atoms with Crippen molar-refractivity contribution in [2.75, 3.05) is 0 Å². The van der Waals surface area contributed by atoms with Crippen LogP contribution in [0.1, 0.15) is 56.8 Å². The van der Waals surface area contributed by atoms with Gasteiger partial charge in [0.15, 0.2) is 0 Å². The smallest absolute Gasteiger partial charge is 0.0790 e. The summed E-state index contributed by atoms with van der Waals surface area (Å²) in [6.45, 7) is 6.45. The Kier molecular flexibility index (Phi) is 4.15. The van der Waals surface area contributed by atoms with Gasteiger partial charge in [0.05, 0.1) is 6.10 Å². The largest absolute Gasteiger partial charge is 0.388 e. The molecule has 0 aliphatic heterocycles. The molecule has 78 valence electrons. The molecule has 0 saturated carbocycles. The predicted molar refractivity (Wildman–Crippen MR) is 60.4 cm³/mol. The number of hydrogen-bond acceptors (Lipinski definition) is 1. The van der Waals surface area contributed by atoms with Crippen LogP contribution in [0.15, 0.2) is 24.3 Å². The Hall–Kier alpha value is -0.820. The quantitative estimate of drug-likeness (QED) is 0.772. The first-order valence-corrected chi connectivity index (χ1v) is 5.43. The van der Waals surface area contributed by atoms with E-state index in [1.165, 1.54) is 5.56 Å². The van der Waals surface area contributed by atoms with Crippen molar-refractivity contribution in [1.29, 1.82) is 0 Å². The molecule has 0 aromatic heterocycles. The third-order valence-corrected chi connectivity index (χ3v) is 2.55. The fourth-order valence-corrected chi connectivity index (χ4v) is 1.54. The Bertz CT molecular complexity index is 261.